The maximum absolute atomic E-state index is 12.3. The first-order chi connectivity index (χ1) is 11.1. The highest BCUT2D eigenvalue weighted by Gasteiger charge is 2.12. The molecule has 0 aliphatic rings. The second kappa shape index (κ2) is 6.62. The van der Waals surface area contributed by atoms with Crippen molar-refractivity contribution in [1.82, 2.24) is 4.98 Å². The van der Waals surface area contributed by atoms with Gasteiger partial charge in [-0.3, -0.25) is 4.79 Å². The summed E-state index contributed by atoms with van der Waals surface area (Å²) in [6, 6.07) is 17.6. The van der Waals surface area contributed by atoms with E-state index in [1.807, 2.05) is 73.6 Å². The molecular weight excluding hydrogens is 306 g/mol. The lowest BCUT2D eigenvalue weighted by Crippen LogP contribution is -2.13. The van der Waals surface area contributed by atoms with E-state index in [2.05, 4.69) is 10.3 Å². The molecule has 0 saturated carbocycles. The lowest BCUT2D eigenvalue weighted by molar-refractivity contribution is 0.102. The Morgan fingerprint density at radius 3 is 2.39 bits per heavy atom. The van der Waals surface area contributed by atoms with Crippen molar-refractivity contribution in [2.45, 2.75) is 0 Å². The van der Waals surface area contributed by atoms with Gasteiger partial charge in [0.05, 0.1) is 0 Å². The quantitative estimate of drug-likeness (QED) is 0.785. The highest BCUT2D eigenvalue weighted by atomic mass is 32.1. The van der Waals surface area contributed by atoms with Crippen molar-refractivity contribution < 1.29 is 4.79 Å². The maximum atomic E-state index is 12.3. The number of carbonyl (C=O) groups is 1. The van der Waals surface area contributed by atoms with E-state index in [1.165, 1.54) is 11.3 Å². The molecule has 4 nitrogen and oxygen atoms in total. The second-order valence-corrected chi connectivity index (χ2v) is 6.16. The van der Waals surface area contributed by atoms with Crippen LogP contribution in [-0.2, 0) is 0 Å². The molecule has 3 rings (SSSR count). The van der Waals surface area contributed by atoms with Crippen LogP contribution >= 0.6 is 11.3 Å². The van der Waals surface area contributed by atoms with Crippen LogP contribution in [0.2, 0.25) is 0 Å². The van der Waals surface area contributed by atoms with Crippen LogP contribution in [0.25, 0.3) is 10.6 Å². The van der Waals surface area contributed by atoms with E-state index < -0.39 is 0 Å². The number of nitrogens with zero attached hydrogens (tertiary/aromatic N) is 2. The molecule has 0 aliphatic carbocycles. The summed E-state index contributed by atoms with van der Waals surface area (Å²) in [5.41, 5.74) is 3.30. The average Bonchev–Trinajstić information content (AvgIpc) is 3.06. The molecule has 0 radical (unpaired) electrons. The number of amides is 1. The van der Waals surface area contributed by atoms with Crippen molar-refractivity contribution >= 4 is 28.6 Å². The van der Waals surface area contributed by atoms with Gasteiger partial charge in [0.1, 0.15) is 10.7 Å². The van der Waals surface area contributed by atoms with Crippen molar-refractivity contribution in [2.75, 3.05) is 24.3 Å². The molecule has 1 heterocycles. The van der Waals surface area contributed by atoms with Gasteiger partial charge in [0.15, 0.2) is 0 Å². The molecule has 23 heavy (non-hydrogen) atoms. The van der Waals surface area contributed by atoms with E-state index in [0.717, 1.165) is 21.9 Å². The fraction of sp³-hybridized carbons (Fsp3) is 0.111. The smallest absolute Gasteiger partial charge is 0.275 e. The van der Waals surface area contributed by atoms with Crippen molar-refractivity contribution in [3.8, 4) is 10.6 Å². The molecule has 0 unspecified atom stereocenters. The largest absolute Gasteiger partial charge is 0.378 e. The molecular formula is C18H17N3OS. The zero-order valence-electron chi connectivity index (χ0n) is 13.0. The molecule has 0 atom stereocenters. The third-order valence-electron chi connectivity index (χ3n) is 3.40. The standard InChI is InChI=1S/C18H17N3OS/c1-21(2)15-10-8-14(9-11-15)19-17(22)16-12-23-18(20-16)13-6-4-3-5-7-13/h3-12H,1-2H3,(H,19,22). The van der Waals surface area contributed by atoms with E-state index in [-0.39, 0.29) is 5.91 Å². The first kappa shape index (κ1) is 15.2. The van der Waals surface area contributed by atoms with Crippen LogP contribution < -0.4 is 10.2 Å². The van der Waals surface area contributed by atoms with E-state index in [0.29, 0.717) is 5.69 Å². The minimum atomic E-state index is -0.193. The Bertz CT molecular complexity index is 795. The maximum Gasteiger partial charge on any atom is 0.275 e. The lowest BCUT2D eigenvalue weighted by atomic mass is 10.2. The van der Waals surface area contributed by atoms with Gasteiger partial charge in [0.2, 0.25) is 0 Å². The Morgan fingerprint density at radius 2 is 1.74 bits per heavy atom. The SMILES string of the molecule is CN(C)c1ccc(NC(=O)c2csc(-c3ccccc3)n2)cc1. The predicted octanol–water partition coefficient (Wildman–Crippen LogP) is 4.13. The number of nitrogens with one attached hydrogen (secondary N) is 1. The van der Waals surface area contributed by atoms with Crippen LogP contribution in [0.3, 0.4) is 0 Å². The van der Waals surface area contributed by atoms with E-state index in [4.69, 9.17) is 0 Å². The Balaban J connectivity index is 1.72. The van der Waals surface area contributed by atoms with E-state index in [9.17, 15) is 4.79 Å². The number of rotatable bonds is 4. The fourth-order valence-corrected chi connectivity index (χ4v) is 2.94. The molecule has 2 aromatic carbocycles. The zero-order valence-corrected chi connectivity index (χ0v) is 13.8. The Kier molecular flexibility index (Phi) is 4.39. The number of hydrogen-bond donors (Lipinski definition) is 1. The number of carbonyl (C=O) groups excluding carboxylic acids is 1. The molecule has 3 aromatic rings. The second-order valence-electron chi connectivity index (χ2n) is 5.30. The molecule has 116 valence electrons. The van der Waals surface area contributed by atoms with Gasteiger partial charge in [0, 0.05) is 36.4 Å². The number of anilines is 2. The molecule has 0 bridgehead atoms. The molecule has 0 spiro atoms. The molecule has 0 saturated heterocycles. The van der Waals surface area contributed by atoms with Gasteiger partial charge in [-0.05, 0) is 24.3 Å². The summed E-state index contributed by atoms with van der Waals surface area (Å²) in [5, 5.41) is 5.51. The monoisotopic (exact) mass is 323 g/mol. The summed E-state index contributed by atoms with van der Waals surface area (Å²) >= 11 is 1.47. The zero-order chi connectivity index (χ0) is 16.2. The Hall–Kier alpha value is -2.66. The summed E-state index contributed by atoms with van der Waals surface area (Å²) in [7, 11) is 3.96. The molecule has 1 amide bonds. The summed E-state index contributed by atoms with van der Waals surface area (Å²) in [5.74, 6) is -0.193. The summed E-state index contributed by atoms with van der Waals surface area (Å²) in [6.45, 7) is 0. The summed E-state index contributed by atoms with van der Waals surface area (Å²) < 4.78 is 0. The normalized spacial score (nSPS) is 10.3. The van der Waals surface area contributed by atoms with Crippen molar-refractivity contribution in [3.05, 3.63) is 65.7 Å². The average molecular weight is 323 g/mol. The third kappa shape index (κ3) is 3.57. The Morgan fingerprint density at radius 1 is 1.04 bits per heavy atom. The number of hydrogen-bond acceptors (Lipinski definition) is 4. The van der Waals surface area contributed by atoms with Crippen LogP contribution in [-0.4, -0.2) is 25.0 Å². The van der Waals surface area contributed by atoms with Crippen LogP contribution in [0, 0.1) is 0 Å². The van der Waals surface area contributed by atoms with Crippen molar-refractivity contribution in [3.63, 3.8) is 0 Å². The van der Waals surface area contributed by atoms with Crippen LogP contribution in [0.15, 0.2) is 60.0 Å². The first-order valence-electron chi connectivity index (χ1n) is 7.23. The fourth-order valence-electron chi connectivity index (χ4n) is 2.13. The minimum Gasteiger partial charge on any atom is -0.378 e. The van der Waals surface area contributed by atoms with Crippen LogP contribution in [0.5, 0.6) is 0 Å². The minimum absolute atomic E-state index is 0.193. The van der Waals surface area contributed by atoms with Crippen molar-refractivity contribution in [1.29, 1.82) is 0 Å². The molecule has 0 aliphatic heterocycles. The molecule has 0 fully saturated rings. The Labute approximate surface area is 139 Å². The van der Waals surface area contributed by atoms with E-state index >= 15 is 0 Å². The van der Waals surface area contributed by atoms with Gasteiger partial charge < -0.3 is 10.2 Å². The summed E-state index contributed by atoms with van der Waals surface area (Å²) in [4.78, 5) is 18.7. The van der Waals surface area contributed by atoms with Gasteiger partial charge in [-0.2, -0.15) is 0 Å². The van der Waals surface area contributed by atoms with Gasteiger partial charge in [0.25, 0.3) is 5.91 Å². The predicted molar refractivity (Wildman–Crippen MR) is 96.3 cm³/mol. The number of benzene rings is 2. The first-order valence-corrected chi connectivity index (χ1v) is 8.11. The molecule has 1 N–H and O–H groups in total. The van der Waals surface area contributed by atoms with Gasteiger partial charge in [-0.25, -0.2) is 4.98 Å². The van der Waals surface area contributed by atoms with Gasteiger partial charge in [-0.15, -0.1) is 11.3 Å². The third-order valence-corrected chi connectivity index (χ3v) is 4.29. The highest BCUT2D eigenvalue weighted by molar-refractivity contribution is 7.13. The molecule has 1 aromatic heterocycles. The summed E-state index contributed by atoms with van der Waals surface area (Å²) in [6.07, 6.45) is 0. The molecule has 5 heteroatoms. The highest BCUT2D eigenvalue weighted by Crippen LogP contribution is 2.24. The van der Waals surface area contributed by atoms with Crippen molar-refractivity contribution in [2.24, 2.45) is 0 Å². The topological polar surface area (TPSA) is 45.2 Å². The van der Waals surface area contributed by atoms with Gasteiger partial charge in [-0.1, -0.05) is 30.3 Å². The van der Waals surface area contributed by atoms with Crippen LogP contribution in [0.4, 0.5) is 11.4 Å². The number of aromatic nitrogens is 1. The van der Waals surface area contributed by atoms with Crippen LogP contribution in [0.1, 0.15) is 10.5 Å². The lowest BCUT2D eigenvalue weighted by Gasteiger charge is -2.12. The van der Waals surface area contributed by atoms with Gasteiger partial charge >= 0.3 is 0 Å². The van der Waals surface area contributed by atoms with E-state index in [1.54, 1.807) is 5.38 Å². The number of thiazole rings is 1.